The van der Waals surface area contributed by atoms with E-state index in [2.05, 4.69) is 5.32 Å². The van der Waals surface area contributed by atoms with E-state index in [-0.39, 0.29) is 23.4 Å². The van der Waals surface area contributed by atoms with Crippen LogP contribution in [0.3, 0.4) is 0 Å². The van der Waals surface area contributed by atoms with Crippen LogP contribution in [0.5, 0.6) is 0 Å². The number of carbonyl (C=O) groups excluding carboxylic acids is 1. The van der Waals surface area contributed by atoms with Gasteiger partial charge < -0.3 is 15.8 Å². The molecule has 1 atom stereocenters. The Morgan fingerprint density at radius 3 is 2.26 bits per heavy atom. The zero-order valence-electron chi connectivity index (χ0n) is 16.4. The Hall–Kier alpha value is -1.48. The van der Waals surface area contributed by atoms with Gasteiger partial charge in [0.25, 0.3) is 0 Å². The number of nitrogens with one attached hydrogen (secondary N) is 1. The van der Waals surface area contributed by atoms with Gasteiger partial charge in [0.05, 0.1) is 16.4 Å². The zero-order chi connectivity index (χ0) is 20.1. The lowest BCUT2D eigenvalue weighted by atomic mass is 9.79. The molecule has 0 aromatic heterocycles. The lowest BCUT2D eigenvalue weighted by molar-refractivity contribution is -0.136. The third kappa shape index (κ3) is 4.68. The first kappa shape index (κ1) is 21.8. The molecule has 0 radical (unpaired) electrons. The summed E-state index contributed by atoms with van der Waals surface area (Å²) in [6, 6.07) is 6.45. The van der Waals surface area contributed by atoms with Crippen molar-refractivity contribution in [1.82, 2.24) is 9.62 Å². The van der Waals surface area contributed by atoms with Crippen LogP contribution in [0.15, 0.2) is 29.2 Å². The predicted octanol–water partition coefficient (Wildman–Crippen LogP) is 1.65. The molecule has 0 spiro atoms. The van der Waals surface area contributed by atoms with Crippen LogP contribution >= 0.6 is 0 Å². The molecule has 1 aliphatic rings. The van der Waals surface area contributed by atoms with Crippen molar-refractivity contribution in [1.29, 1.82) is 0 Å². The minimum absolute atomic E-state index is 0.0689. The number of benzene rings is 1. The number of amides is 1. The number of nitrogens with zero attached hydrogens (tertiary/aromatic N) is 1. The van der Waals surface area contributed by atoms with Crippen LogP contribution in [0.25, 0.3) is 0 Å². The lowest BCUT2D eigenvalue weighted by Gasteiger charge is -2.35. The molecule has 2 rings (SSSR count). The average molecular weight is 398 g/mol. The lowest BCUT2D eigenvalue weighted by Crippen LogP contribution is -2.49. The van der Waals surface area contributed by atoms with Gasteiger partial charge in [-0.05, 0) is 37.5 Å². The third-order valence-corrected chi connectivity index (χ3v) is 7.46. The summed E-state index contributed by atoms with van der Waals surface area (Å²) in [5.74, 6) is -0.0689. The van der Waals surface area contributed by atoms with Crippen molar-refractivity contribution in [3.8, 4) is 0 Å². The number of carbonyl (C=O) groups is 1. The van der Waals surface area contributed by atoms with Crippen molar-refractivity contribution in [2.75, 3.05) is 32.8 Å². The Bertz CT molecular complexity index is 724. The quantitative estimate of drug-likeness (QED) is 0.694. The molecule has 1 aromatic carbocycles. The van der Waals surface area contributed by atoms with E-state index >= 15 is 0 Å². The highest BCUT2D eigenvalue weighted by atomic mass is 32.2. The summed E-state index contributed by atoms with van der Waals surface area (Å²) in [6.45, 7) is 7.74. The second-order valence-corrected chi connectivity index (χ2v) is 8.89. The van der Waals surface area contributed by atoms with E-state index in [4.69, 9.17) is 10.5 Å². The predicted molar refractivity (Wildman–Crippen MR) is 105 cm³/mol. The van der Waals surface area contributed by atoms with Gasteiger partial charge in [-0.2, -0.15) is 4.31 Å². The maximum Gasteiger partial charge on any atom is 0.243 e. The van der Waals surface area contributed by atoms with Gasteiger partial charge in [0.2, 0.25) is 15.9 Å². The van der Waals surface area contributed by atoms with Gasteiger partial charge >= 0.3 is 0 Å². The second-order valence-electron chi connectivity index (χ2n) is 6.95. The van der Waals surface area contributed by atoms with Crippen molar-refractivity contribution in [3.63, 3.8) is 0 Å². The molecule has 8 heteroatoms. The Morgan fingerprint density at radius 2 is 1.78 bits per heavy atom. The number of ether oxygens (including phenoxy) is 1. The monoisotopic (exact) mass is 397 g/mol. The number of nitrogens with two attached hydrogens (primary N) is 1. The number of hydrogen-bond acceptors (Lipinski definition) is 5. The number of sulfonamides is 1. The molecule has 0 saturated carbocycles. The highest BCUT2D eigenvalue weighted by Crippen LogP contribution is 2.30. The van der Waals surface area contributed by atoms with Gasteiger partial charge in [-0.15, -0.1) is 0 Å². The fraction of sp³-hybridized carbons (Fsp3) is 0.632. The molecule has 152 valence electrons. The average Bonchev–Trinajstić information content (AvgIpc) is 2.69. The molecule has 1 unspecified atom stereocenters. The van der Waals surface area contributed by atoms with Crippen LogP contribution in [0.2, 0.25) is 0 Å². The smallest absolute Gasteiger partial charge is 0.243 e. The molecule has 0 bridgehead atoms. The largest absolute Gasteiger partial charge is 0.381 e. The van der Waals surface area contributed by atoms with E-state index in [9.17, 15) is 13.2 Å². The number of rotatable bonds is 8. The summed E-state index contributed by atoms with van der Waals surface area (Å²) in [5.41, 5.74) is 6.15. The first-order valence-electron chi connectivity index (χ1n) is 9.49. The van der Waals surface area contributed by atoms with E-state index < -0.39 is 15.4 Å². The molecule has 0 aliphatic carbocycles. The maximum atomic E-state index is 12.8. The molecule has 1 aromatic rings. The van der Waals surface area contributed by atoms with E-state index in [0.717, 1.165) is 5.56 Å². The van der Waals surface area contributed by atoms with Crippen LogP contribution in [0.4, 0.5) is 0 Å². The summed E-state index contributed by atoms with van der Waals surface area (Å²) >= 11 is 0. The molecule has 1 amide bonds. The molecule has 3 N–H and O–H groups in total. The normalized spacial score (nSPS) is 18.3. The summed E-state index contributed by atoms with van der Waals surface area (Å²) in [4.78, 5) is 13.0. The van der Waals surface area contributed by atoms with Crippen LogP contribution < -0.4 is 11.1 Å². The van der Waals surface area contributed by atoms with Gasteiger partial charge in [-0.3, -0.25) is 4.79 Å². The molecular formula is C19H31N3O4S. The third-order valence-electron chi connectivity index (χ3n) is 5.39. The van der Waals surface area contributed by atoms with E-state index in [0.29, 0.717) is 39.1 Å². The van der Waals surface area contributed by atoms with Crippen molar-refractivity contribution in [2.45, 2.75) is 44.6 Å². The minimum atomic E-state index is -3.48. The van der Waals surface area contributed by atoms with E-state index in [1.54, 1.807) is 24.3 Å². The Kier molecular flexibility index (Phi) is 7.39. The Morgan fingerprint density at radius 1 is 1.22 bits per heavy atom. The van der Waals surface area contributed by atoms with Crippen molar-refractivity contribution in [3.05, 3.63) is 29.8 Å². The summed E-state index contributed by atoms with van der Waals surface area (Å²) < 4.78 is 31.9. The molecular weight excluding hydrogens is 366 g/mol. The highest BCUT2D eigenvalue weighted by Gasteiger charge is 2.39. The topological polar surface area (TPSA) is 102 Å². The van der Waals surface area contributed by atoms with Crippen LogP contribution in [0.1, 0.15) is 45.2 Å². The fourth-order valence-corrected chi connectivity index (χ4v) is 4.82. The van der Waals surface area contributed by atoms with E-state index in [1.807, 2.05) is 20.8 Å². The molecule has 1 saturated heterocycles. The van der Waals surface area contributed by atoms with Crippen molar-refractivity contribution in [2.24, 2.45) is 11.1 Å². The molecule has 27 heavy (non-hydrogen) atoms. The maximum absolute atomic E-state index is 12.8. The molecule has 7 nitrogen and oxygen atoms in total. The Balaban J connectivity index is 2.11. The van der Waals surface area contributed by atoms with Gasteiger partial charge in [0, 0.05) is 32.8 Å². The van der Waals surface area contributed by atoms with Crippen LogP contribution in [0, 0.1) is 5.41 Å². The summed E-state index contributed by atoms with van der Waals surface area (Å²) in [7, 11) is -3.48. The summed E-state index contributed by atoms with van der Waals surface area (Å²) in [6.07, 6.45) is 1.23. The SMILES string of the molecule is CCN(CC)S(=O)(=O)c1ccc(C(C)NC(=O)C2(CN)CCOCC2)cc1. The van der Waals surface area contributed by atoms with Gasteiger partial charge in [0.1, 0.15) is 0 Å². The van der Waals surface area contributed by atoms with Crippen molar-refractivity contribution < 1.29 is 17.9 Å². The first-order chi connectivity index (χ1) is 12.8. The highest BCUT2D eigenvalue weighted by molar-refractivity contribution is 7.89. The first-order valence-corrected chi connectivity index (χ1v) is 10.9. The molecule has 1 fully saturated rings. The van der Waals surface area contributed by atoms with Crippen molar-refractivity contribution >= 4 is 15.9 Å². The zero-order valence-corrected chi connectivity index (χ0v) is 17.2. The fourth-order valence-electron chi connectivity index (χ4n) is 3.36. The Labute approximate surface area is 162 Å². The number of hydrogen-bond donors (Lipinski definition) is 2. The van der Waals surface area contributed by atoms with Gasteiger partial charge in [0.15, 0.2) is 0 Å². The summed E-state index contributed by atoms with van der Waals surface area (Å²) in [5, 5.41) is 3.03. The molecule has 1 heterocycles. The second kappa shape index (κ2) is 9.14. The van der Waals surface area contributed by atoms with E-state index in [1.165, 1.54) is 4.31 Å². The van der Waals surface area contributed by atoms with Crippen LogP contribution in [-0.2, 0) is 19.6 Å². The minimum Gasteiger partial charge on any atom is -0.381 e. The molecule has 1 aliphatic heterocycles. The van der Waals surface area contributed by atoms with Gasteiger partial charge in [-0.1, -0.05) is 26.0 Å². The van der Waals surface area contributed by atoms with Crippen LogP contribution in [-0.4, -0.2) is 51.5 Å². The van der Waals surface area contributed by atoms with Gasteiger partial charge in [-0.25, -0.2) is 8.42 Å². The standard InChI is InChI=1S/C19H31N3O4S/c1-4-22(5-2)27(24,25)17-8-6-16(7-9-17)15(3)21-18(23)19(14-20)10-12-26-13-11-19/h6-9,15H,4-5,10-14,20H2,1-3H3,(H,21,23).